The predicted molar refractivity (Wildman–Crippen MR) is 83.5 cm³/mol. The summed E-state index contributed by atoms with van der Waals surface area (Å²) in [6, 6.07) is 4.47. The second-order valence-corrected chi connectivity index (χ2v) is 6.82. The van der Waals surface area contributed by atoms with E-state index in [9.17, 15) is 13.2 Å². The zero-order valence-corrected chi connectivity index (χ0v) is 13.3. The SMILES string of the molecule is CCNC(=O)CCNc1cc(S(=O)(=O)N(C)C)ccc1N. The van der Waals surface area contributed by atoms with Crippen molar-refractivity contribution >= 4 is 27.3 Å². The van der Waals surface area contributed by atoms with Crippen molar-refractivity contribution in [2.45, 2.75) is 18.2 Å². The highest BCUT2D eigenvalue weighted by Crippen LogP contribution is 2.24. The summed E-state index contributed by atoms with van der Waals surface area (Å²) in [6.45, 7) is 2.80. The van der Waals surface area contributed by atoms with E-state index in [-0.39, 0.29) is 17.2 Å². The van der Waals surface area contributed by atoms with Crippen molar-refractivity contribution in [3.05, 3.63) is 18.2 Å². The topological polar surface area (TPSA) is 105 Å². The quantitative estimate of drug-likeness (QED) is 0.634. The average Bonchev–Trinajstić information content (AvgIpc) is 2.40. The summed E-state index contributed by atoms with van der Waals surface area (Å²) in [5, 5.41) is 5.67. The van der Waals surface area contributed by atoms with Crippen LogP contribution in [0.3, 0.4) is 0 Å². The first kappa shape index (κ1) is 17.3. The number of hydrogen-bond donors (Lipinski definition) is 3. The van der Waals surface area contributed by atoms with Gasteiger partial charge in [-0.3, -0.25) is 4.79 Å². The highest BCUT2D eigenvalue weighted by Gasteiger charge is 2.18. The molecule has 0 saturated carbocycles. The molecule has 0 aromatic heterocycles. The van der Waals surface area contributed by atoms with Crippen LogP contribution in [0.25, 0.3) is 0 Å². The van der Waals surface area contributed by atoms with Crippen LogP contribution in [0.2, 0.25) is 0 Å². The van der Waals surface area contributed by atoms with Crippen LogP contribution in [0.5, 0.6) is 0 Å². The molecule has 0 aliphatic heterocycles. The van der Waals surface area contributed by atoms with Crippen LogP contribution in [0, 0.1) is 0 Å². The molecule has 0 aliphatic rings. The van der Waals surface area contributed by atoms with E-state index < -0.39 is 10.0 Å². The summed E-state index contributed by atoms with van der Waals surface area (Å²) in [5.74, 6) is -0.0689. The van der Waals surface area contributed by atoms with E-state index in [4.69, 9.17) is 5.73 Å². The molecule has 1 amide bonds. The molecule has 0 fully saturated rings. The highest BCUT2D eigenvalue weighted by molar-refractivity contribution is 7.89. The third-order valence-corrected chi connectivity index (χ3v) is 4.66. The van der Waals surface area contributed by atoms with Crippen LogP contribution >= 0.6 is 0 Å². The van der Waals surface area contributed by atoms with Crippen molar-refractivity contribution < 1.29 is 13.2 Å². The Kier molecular flexibility index (Phi) is 5.98. The van der Waals surface area contributed by atoms with Gasteiger partial charge < -0.3 is 16.4 Å². The van der Waals surface area contributed by atoms with Crippen LogP contribution in [0.1, 0.15) is 13.3 Å². The molecule has 1 rings (SSSR count). The summed E-state index contributed by atoms with van der Waals surface area (Å²) in [6.07, 6.45) is 0.290. The average molecular weight is 314 g/mol. The lowest BCUT2D eigenvalue weighted by Gasteiger charge is -2.14. The molecular weight excluding hydrogens is 292 g/mol. The fraction of sp³-hybridized carbons (Fsp3) is 0.462. The van der Waals surface area contributed by atoms with Gasteiger partial charge in [0.1, 0.15) is 0 Å². The van der Waals surface area contributed by atoms with E-state index in [1.165, 1.54) is 32.3 Å². The second-order valence-electron chi connectivity index (χ2n) is 4.67. The fourth-order valence-corrected chi connectivity index (χ4v) is 2.58. The van der Waals surface area contributed by atoms with Gasteiger partial charge in [0.2, 0.25) is 15.9 Å². The molecule has 0 spiro atoms. The zero-order valence-electron chi connectivity index (χ0n) is 12.5. The number of nitrogens with zero attached hydrogens (tertiary/aromatic N) is 1. The second kappa shape index (κ2) is 7.28. The Balaban J connectivity index is 2.82. The van der Waals surface area contributed by atoms with E-state index in [1.54, 1.807) is 0 Å². The van der Waals surface area contributed by atoms with Crippen LogP contribution < -0.4 is 16.4 Å². The Morgan fingerprint density at radius 3 is 2.57 bits per heavy atom. The first-order valence-corrected chi connectivity index (χ1v) is 8.05. The minimum atomic E-state index is -3.51. The summed E-state index contributed by atoms with van der Waals surface area (Å²) in [4.78, 5) is 11.5. The van der Waals surface area contributed by atoms with Gasteiger partial charge >= 0.3 is 0 Å². The van der Waals surface area contributed by atoms with E-state index in [0.717, 1.165) is 4.31 Å². The first-order chi connectivity index (χ1) is 9.78. The zero-order chi connectivity index (χ0) is 16.0. The van der Waals surface area contributed by atoms with Gasteiger partial charge in [-0.15, -0.1) is 0 Å². The lowest BCUT2D eigenvalue weighted by molar-refractivity contribution is -0.120. The van der Waals surface area contributed by atoms with Crippen LogP contribution in [0.4, 0.5) is 11.4 Å². The van der Waals surface area contributed by atoms with Gasteiger partial charge in [-0.1, -0.05) is 0 Å². The van der Waals surface area contributed by atoms with Gasteiger partial charge in [0.25, 0.3) is 0 Å². The molecule has 0 bridgehead atoms. The van der Waals surface area contributed by atoms with Crippen LogP contribution in [-0.4, -0.2) is 45.8 Å². The fourth-order valence-electron chi connectivity index (χ4n) is 1.66. The number of benzene rings is 1. The third kappa shape index (κ3) is 4.61. The van der Waals surface area contributed by atoms with E-state index in [0.29, 0.717) is 24.5 Å². The maximum atomic E-state index is 12.1. The van der Waals surface area contributed by atoms with Crippen molar-refractivity contribution in [3.63, 3.8) is 0 Å². The summed E-state index contributed by atoms with van der Waals surface area (Å²) in [7, 11) is -0.575. The molecule has 7 nitrogen and oxygen atoms in total. The summed E-state index contributed by atoms with van der Waals surface area (Å²) in [5.41, 5.74) is 6.75. The van der Waals surface area contributed by atoms with Crippen molar-refractivity contribution in [1.82, 2.24) is 9.62 Å². The molecule has 0 heterocycles. The normalized spacial score (nSPS) is 11.4. The number of anilines is 2. The number of carbonyl (C=O) groups is 1. The number of nitrogens with two attached hydrogens (primary N) is 1. The number of rotatable bonds is 7. The molecule has 118 valence electrons. The lowest BCUT2D eigenvalue weighted by Crippen LogP contribution is -2.25. The van der Waals surface area contributed by atoms with E-state index in [2.05, 4.69) is 10.6 Å². The van der Waals surface area contributed by atoms with Gasteiger partial charge in [0.05, 0.1) is 16.3 Å². The lowest BCUT2D eigenvalue weighted by atomic mass is 10.2. The number of nitrogen functional groups attached to an aromatic ring is 1. The van der Waals surface area contributed by atoms with Gasteiger partial charge in [-0.25, -0.2) is 12.7 Å². The summed E-state index contributed by atoms with van der Waals surface area (Å²) >= 11 is 0. The minimum absolute atomic E-state index is 0.0689. The molecule has 1 aromatic rings. The summed E-state index contributed by atoms with van der Waals surface area (Å²) < 4.78 is 25.2. The Morgan fingerprint density at radius 1 is 1.33 bits per heavy atom. The maximum absolute atomic E-state index is 12.1. The van der Waals surface area contributed by atoms with Crippen molar-refractivity contribution in [1.29, 1.82) is 0 Å². The largest absolute Gasteiger partial charge is 0.397 e. The molecule has 0 atom stereocenters. The molecule has 1 aromatic carbocycles. The Hall–Kier alpha value is -1.80. The van der Waals surface area contributed by atoms with E-state index in [1.807, 2.05) is 6.92 Å². The monoisotopic (exact) mass is 314 g/mol. The van der Waals surface area contributed by atoms with Crippen LogP contribution in [-0.2, 0) is 14.8 Å². The molecule has 0 aliphatic carbocycles. The standard InChI is InChI=1S/C13H22N4O3S/c1-4-15-13(18)7-8-16-12-9-10(5-6-11(12)14)21(19,20)17(2)3/h5-6,9,16H,4,7-8,14H2,1-3H3,(H,15,18). The number of amides is 1. The number of hydrogen-bond acceptors (Lipinski definition) is 5. The molecule has 0 saturated heterocycles. The minimum Gasteiger partial charge on any atom is -0.397 e. The van der Waals surface area contributed by atoms with E-state index >= 15 is 0 Å². The highest BCUT2D eigenvalue weighted by atomic mass is 32.2. The number of nitrogens with one attached hydrogen (secondary N) is 2. The van der Waals surface area contributed by atoms with Gasteiger partial charge in [-0.05, 0) is 25.1 Å². The van der Waals surface area contributed by atoms with Gasteiger partial charge in [-0.2, -0.15) is 0 Å². The smallest absolute Gasteiger partial charge is 0.242 e. The number of carbonyl (C=O) groups excluding carboxylic acids is 1. The first-order valence-electron chi connectivity index (χ1n) is 6.61. The van der Waals surface area contributed by atoms with Crippen molar-refractivity contribution in [2.24, 2.45) is 0 Å². The van der Waals surface area contributed by atoms with Crippen LogP contribution in [0.15, 0.2) is 23.1 Å². The Morgan fingerprint density at radius 2 is 2.00 bits per heavy atom. The Bertz CT molecular complexity index is 599. The molecule has 0 unspecified atom stereocenters. The molecule has 8 heteroatoms. The van der Waals surface area contributed by atoms with Gasteiger partial charge in [0.15, 0.2) is 0 Å². The molecular formula is C13H22N4O3S. The predicted octanol–water partition coefficient (Wildman–Crippen LogP) is 0.457. The Labute approximate surface area is 125 Å². The van der Waals surface area contributed by atoms with Crippen molar-refractivity contribution in [3.8, 4) is 0 Å². The number of sulfonamides is 1. The maximum Gasteiger partial charge on any atom is 0.242 e. The molecule has 21 heavy (non-hydrogen) atoms. The van der Waals surface area contributed by atoms with Gasteiger partial charge in [0, 0.05) is 33.6 Å². The van der Waals surface area contributed by atoms with Crippen molar-refractivity contribution in [2.75, 3.05) is 38.2 Å². The molecule has 4 N–H and O–H groups in total. The molecule has 0 radical (unpaired) electrons. The third-order valence-electron chi connectivity index (χ3n) is 2.84.